The third-order valence-electron chi connectivity index (χ3n) is 3.65. The lowest BCUT2D eigenvalue weighted by Gasteiger charge is -2.32. The van der Waals surface area contributed by atoms with Gasteiger partial charge in [0, 0.05) is 5.41 Å². The van der Waals surface area contributed by atoms with Gasteiger partial charge in [0.15, 0.2) is 0 Å². The second-order valence-electron chi connectivity index (χ2n) is 5.33. The Morgan fingerprint density at radius 1 is 1.07 bits per heavy atom. The summed E-state index contributed by atoms with van der Waals surface area (Å²) in [5.41, 5.74) is 3.50. The quantitative estimate of drug-likeness (QED) is 0.614. The lowest BCUT2D eigenvalue weighted by Crippen LogP contribution is -2.21. The van der Waals surface area contributed by atoms with Gasteiger partial charge in [-0.1, -0.05) is 64.8 Å². The minimum Gasteiger partial charge on any atom is -0.0648 e. The minimum absolute atomic E-state index is 0.295. The van der Waals surface area contributed by atoms with E-state index in [1.165, 1.54) is 6.42 Å². The summed E-state index contributed by atoms with van der Waals surface area (Å²) in [4.78, 5) is 0. The smallest absolute Gasteiger partial charge is 0.00754 e. The molecule has 14 heavy (non-hydrogen) atoms. The molecule has 0 heterocycles. The first-order valence-corrected chi connectivity index (χ1v) is 5.84. The molecule has 0 bridgehead atoms. The van der Waals surface area contributed by atoms with Crippen LogP contribution in [0.4, 0.5) is 0 Å². The predicted molar refractivity (Wildman–Crippen MR) is 64.2 cm³/mol. The molecule has 0 N–H and O–H groups in total. The monoisotopic (exact) mass is 192 g/mol. The van der Waals surface area contributed by atoms with Crippen LogP contribution < -0.4 is 0 Å². The Kier molecular flexibility index (Phi) is 3.24. The van der Waals surface area contributed by atoms with E-state index in [9.17, 15) is 0 Å². The Morgan fingerprint density at radius 3 is 1.93 bits per heavy atom. The van der Waals surface area contributed by atoms with Crippen molar-refractivity contribution in [3.63, 3.8) is 0 Å². The van der Waals surface area contributed by atoms with Gasteiger partial charge in [0.25, 0.3) is 0 Å². The molecule has 80 valence electrons. The summed E-state index contributed by atoms with van der Waals surface area (Å²) in [5.74, 6) is 1.39. The maximum atomic E-state index is 2.36. The van der Waals surface area contributed by atoms with Crippen LogP contribution in [0.25, 0.3) is 0 Å². The van der Waals surface area contributed by atoms with Crippen molar-refractivity contribution in [1.29, 1.82) is 0 Å². The van der Waals surface area contributed by atoms with Crippen LogP contribution in [0.1, 0.15) is 48.0 Å². The molecule has 0 fully saturated rings. The lowest BCUT2D eigenvalue weighted by molar-refractivity contribution is 0.429. The lowest BCUT2D eigenvalue weighted by atomic mass is 9.72. The molecule has 0 nitrogen and oxygen atoms in total. The van der Waals surface area contributed by atoms with Gasteiger partial charge < -0.3 is 0 Å². The maximum absolute atomic E-state index is 2.36. The highest BCUT2D eigenvalue weighted by atomic mass is 14.4. The second-order valence-corrected chi connectivity index (χ2v) is 5.33. The molecule has 0 spiro atoms. The van der Waals surface area contributed by atoms with Crippen molar-refractivity contribution in [3.8, 4) is 0 Å². The van der Waals surface area contributed by atoms with Crippen LogP contribution in [-0.4, -0.2) is 0 Å². The number of allylic oxidation sites excluding steroid dienone is 4. The molecule has 0 aromatic rings. The van der Waals surface area contributed by atoms with Crippen LogP contribution in [0.2, 0.25) is 0 Å². The first-order chi connectivity index (χ1) is 6.41. The van der Waals surface area contributed by atoms with Crippen LogP contribution in [0, 0.1) is 17.3 Å². The Morgan fingerprint density at radius 2 is 1.57 bits per heavy atom. The van der Waals surface area contributed by atoms with E-state index in [0.29, 0.717) is 11.3 Å². The molecule has 0 aromatic heterocycles. The van der Waals surface area contributed by atoms with Gasteiger partial charge in [-0.05, 0) is 18.3 Å². The van der Waals surface area contributed by atoms with Crippen LogP contribution in [-0.2, 0) is 0 Å². The zero-order valence-electron chi connectivity index (χ0n) is 10.5. The molecule has 1 unspecified atom stereocenters. The summed E-state index contributed by atoms with van der Waals surface area (Å²) in [6.07, 6.45) is 5.93. The van der Waals surface area contributed by atoms with Crippen LogP contribution in [0.3, 0.4) is 0 Å². The second kappa shape index (κ2) is 3.92. The molecule has 0 aliphatic heterocycles. The van der Waals surface area contributed by atoms with Crippen molar-refractivity contribution in [2.45, 2.75) is 48.0 Å². The highest BCUT2D eigenvalue weighted by Crippen LogP contribution is 2.46. The number of hydrogen-bond acceptors (Lipinski definition) is 0. The Bertz CT molecular complexity index is 264. The van der Waals surface area contributed by atoms with Gasteiger partial charge in [0.05, 0.1) is 0 Å². The fraction of sp³-hybridized carbons (Fsp3) is 0.714. The van der Waals surface area contributed by atoms with Gasteiger partial charge in [0.2, 0.25) is 0 Å². The summed E-state index contributed by atoms with van der Waals surface area (Å²) >= 11 is 0. The van der Waals surface area contributed by atoms with Crippen molar-refractivity contribution in [1.82, 2.24) is 0 Å². The fourth-order valence-electron chi connectivity index (χ4n) is 2.68. The summed E-state index contributed by atoms with van der Waals surface area (Å²) in [6, 6.07) is 0. The molecular formula is C14H24. The zero-order valence-corrected chi connectivity index (χ0v) is 10.5. The Balaban J connectivity index is 2.90. The van der Waals surface area contributed by atoms with Crippen molar-refractivity contribution in [3.05, 3.63) is 23.3 Å². The van der Waals surface area contributed by atoms with E-state index in [0.717, 1.165) is 5.92 Å². The van der Waals surface area contributed by atoms with Crippen LogP contribution in [0.5, 0.6) is 0 Å². The standard InChI is InChI=1S/C14H24/c1-7-11(4)13-9-8-12(10(2)3)14(13,5)6/h8-11H,7H2,1-6H3. The average molecular weight is 192 g/mol. The summed E-state index contributed by atoms with van der Waals surface area (Å²) < 4.78 is 0. The van der Waals surface area contributed by atoms with Crippen molar-refractivity contribution < 1.29 is 0 Å². The number of hydrogen-bond donors (Lipinski definition) is 0. The first-order valence-electron chi connectivity index (χ1n) is 5.84. The van der Waals surface area contributed by atoms with Crippen LogP contribution >= 0.6 is 0 Å². The summed E-state index contributed by atoms with van der Waals surface area (Å²) in [6.45, 7) is 13.9. The van der Waals surface area contributed by atoms with Gasteiger partial charge in [0.1, 0.15) is 0 Å². The molecule has 0 aromatic carbocycles. The average Bonchev–Trinajstić information content (AvgIpc) is 2.39. The summed E-state index contributed by atoms with van der Waals surface area (Å²) in [7, 11) is 0. The molecule has 0 amide bonds. The van der Waals surface area contributed by atoms with Gasteiger partial charge in [-0.2, -0.15) is 0 Å². The topological polar surface area (TPSA) is 0 Å². The minimum atomic E-state index is 0.295. The van der Waals surface area contributed by atoms with E-state index in [2.05, 4.69) is 53.7 Å². The molecule has 0 saturated carbocycles. The maximum Gasteiger partial charge on any atom is 0.00754 e. The number of rotatable bonds is 3. The van der Waals surface area contributed by atoms with Crippen molar-refractivity contribution >= 4 is 0 Å². The van der Waals surface area contributed by atoms with Crippen LogP contribution in [0.15, 0.2) is 23.3 Å². The van der Waals surface area contributed by atoms with E-state index >= 15 is 0 Å². The van der Waals surface area contributed by atoms with Crippen molar-refractivity contribution in [2.75, 3.05) is 0 Å². The van der Waals surface area contributed by atoms with Gasteiger partial charge >= 0.3 is 0 Å². The SMILES string of the molecule is CCC(C)C1=CC=C(C(C)C)C1(C)C. The predicted octanol–water partition coefficient (Wildman–Crippen LogP) is 4.58. The van der Waals surface area contributed by atoms with Gasteiger partial charge in [-0.15, -0.1) is 0 Å². The molecule has 0 saturated heterocycles. The summed E-state index contributed by atoms with van der Waals surface area (Å²) in [5, 5.41) is 0. The molecule has 1 rings (SSSR count). The highest BCUT2D eigenvalue weighted by Gasteiger charge is 2.34. The highest BCUT2D eigenvalue weighted by molar-refractivity contribution is 5.41. The van der Waals surface area contributed by atoms with E-state index < -0.39 is 0 Å². The van der Waals surface area contributed by atoms with E-state index in [-0.39, 0.29) is 0 Å². The fourth-order valence-corrected chi connectivity index (χ4v) is 2.68. The van der Waals surface area contributed by atoms with Gasteiger partial charge in [-0.3, -0.25) is 0 Å². The Labute approximate surface area is 89.1 Å². The normalized spacial score (nSPS) is 22.2. The molecule has 0 heteroatoms. The largest absolute Gasteiger partial charge is 0.0648 e. The van der Waals surface area contributed by atoms with Crippen molar-refractivity contribution in [2.24, 2.45) is 17.3 Å². The van der Waals surface area contributed by atoms with E-state index in [4.69, 9.17) is 0 Å². The first kappa shape index (κ1) is 11.6. The molecule has 1 atom stereocenters. The zero-order chi connectivity index (χ0) is 10.9. The molecule has 1 aliphatic carbocycles. The third-order valence-corrected chi connectivity index (χ3v) is 3.65. The third kappa shape index (κ3) is 1.80. The molecular weight excluding hydrogens is 168 g/mol. The molecule has 0 radical (unpaired) electrons. The molecule has 1 aliphatic rings. The van der Waals surface area contributed by atoms with E-state index in [1.54, 1.807) is 11.1 Å². The van der Waals surface area contributed by atoms with E-state index in [1.807, 2.05) is 0 Å². The van der Waals surface area contributed by atoms with Gasteiger partial charge in [-0.25, -0.2) is 0 Å². The Hall–Kier alpha value is -0.520.